The first-order chi connectivity index (χ1) is 14.9. The minimum absolute atomic E-state index is 0.123. The molecule has 1 aromatic carbocycles. The van der Waals surface area contributed by atoms with Gasteiger partial charge in [0.2, 0.25) is 16.8 Å². The zero-order valence-corrected chi connectivity index (χ0v) is 18.2. The van der Waals surface area contributed by atoms with Gasteiger partial charge in [0, 0.05) is 6.54 Å². The average molecular weight is 447 g/mol. The van der Waals surface area contributed by atoms with Crippen LogP contribution in [0.2, 0.25) is 0 Å². The van der Waals surface area contributed by atoms with Gasteiger partial charge in [-0.3, -0.25) is 4.79 Å². The fraction of sp³-hybridized carbons (Fsp3) is 0.455. The number of ether oxygens (including phenoxy) is 1. The standard InChI is InChI=1S/C22H26N2O6S/c1-2-29-22(26)19-12-13-20(30-19)31(27,28)24-14-6-11-18(24)21(25)23-17-10-5-8-15-7-3-4-9-16(15)17/h3-4,7,9,12-13,17-18H,2,5-6,8,10-11,14H2,1H3,(H,23,25). The van der Waals surface area contributed by atoms with E-state index < -0.39 is 22.0 Å². The number of rotatable bonds is 6. The molecule has 2 atom stereocenters. The number of aryl methyl sites for hydroxylation is 1. The molecule has 166 valence electrons. The van der Waals surface area contributed by atoms with Gasteiger partial charge in [0.25, 0.3) is 10.0 Å². The first-order valence-corrected chi connectivity index (χ1v) is 12.0. The number of hydrogen-bond acceptors (Lipinski definition) is 6. The maximum absolute atomic E-state index is 13.1. The summed E-state index contributed by atoms with van der Waals surface area (Å²) < 4.78 is 37.5. The molecular formula is C22H26N2O6S. The van der Waals surface area contributed by atoms with Crippen LogP contribution in [0.1, 0.15) is 60.3 Å². The molecule has 1 aliphatic heterocycles. The summed E-state index contributed by atoms with van der Waals surface area (Å²) in [6.07, 6.45) is 3.78. The summed E-state index contributed by atoms with van der Waals surface area (Å²) in [7, 11) is -4.06. The lowest BCUT2D eigenvalue weighted by Crippen LogP contribution is -2.47. The summed E-state index contributed by atoms with van der Waals surface area (Å²) in [5.41, 5.74) is 2.32. The molecule has 0 saturated carbocycles. The summed E-state index contributed by atoms with van der Waals surface area (Å²) in [4.78, 5) is 24.9. The monoisotopic (exact) mass is 446 g/mol. The van der Waals surface area contributed by atoms with Gasteiger partial charge in [-0.2, -0.15) is 4.31 Å². The second-order valence-corrected chi connectivity index (χ2v) is 9.59. The zero-order chi connectivity index (χ0) is 22.0. The number of carbonyl (C=O) groups is 2. The van der Waals surface area contributed by atoms with Crippen molar-refractivity contribution in [1.29, 1.82) is 0 Å². The molecule has 2 aromatic rings. The Morgan fingerprint density at radius 1 is 1.16 bits per heavy atom. The van der Waals surface area contributed by atoms with E-state index in [2.05, 4.69) is 11.4 Å². The number of esters is 1. The van der Waals surface area contributed by atoms with Crippen LogP contribution in [0.5, 0.6) is 0 Å². The quantitative estimate of drug-likeness (QED) is 0.684. The van der Waals surface area contributed by atoms with Crippen molar-refractivity contribution >= 4 is 21.9 Å². The Kier molecular flexibility index (Phi) is 6.15. The number of carbonyl (C=O) groups excluding carboxylic acids is 2. The van der Waals surface area contributed by atoms with Crippen LogP contribution < -0.4 is 5.32 Å². The van der Waals surface area contributed by atoms with Gasteiger partial charge in [-0.25, -0.2) is 13.2 Å². The number of hydrogen-bond donors (Lipinski definition) is 1. The van der Waals surface area contributed by atoms with Gasteiger partial charge in [-0.05, 0) is 62.3 Å². The van der Waals surface area contributed by atoms with E-state index in [1.165, 1.54) is 22.0 Å². The van der Waals surface area contributed by atoms with Crippen molar-refractivity contribution in [2.45, 2.75) is 56.2 Å². The van der Waals surface area contributed by atoms with E-state index in [1.54, 1.807) is 6.92 Å². The third-order valence-electron chi connectivity index (χ3n) is 5.81. The summed E-state index contributed by atoms with van der Waals surface area (Å²) in [5.74, 6) is -1.21. The van der Waals surface area contributed by atoms with E-state index in [1.807, 2.05) is 18.2 Å². The molecule has 1 saturated heterocycles. The molecule has 0 radical (unpaired) electrons. The van der Waals surface area contributed by atoms with E-state index in [9.17, 15) is 18.0 Å². The Morgan fingerprint density at radius 2 is 1.97 bits per heavy atom. The van der Waals surface area contributed by atoms with Crippen molar-refractivity contribution in [2.24, 2.45) is 0 Å². The minimum atomic E-state index is -4.06. The van der Waals surface area contributed by atoms with E-state index in [0.717, 1.165) is 24.8 Å². The van der Waals surface area contributed by atoms with Crippen molar-refractivity contribution < 1.29 is 27.2 Å². The highest BCUT2D eigenvalue weighted by molar-refractivity contribution is 7.89. The molecule has 0 bridgehead atoms. The molecule has 9 heteroatoms. The van der Waals surface area contributed by atoms with Gasteiger partial charge >= 0.3 is 5.97 Å². The van der Waals surface area contributed by atoms with Gasteiger partial charge in [0.05, 0.1) is 12.6 Å². The lowest BCUT2D eigenvalue weighted by Gasteiger charge is -2.29. The van der Waals surface area contributed by atoms with E-state index in [0.29, 0.717) is 12.8 Å². The first-order valence-electron chi connectivity index (χ1n) is 10.6. The van der Waals surface area contributed by atoms with Crippen molar-refractivity contribution in [1.82, 2.24) is 9.62 Å². The van der Waals surface area contributed by atoms with E-state index >= 15 is 0 Å². The fourth-order valence-corrected chi connectivity index (χ4v) is 5.92. The predicted octanol–water partition coefficient (Wildman–Crippen LogP) is 2.80. The molecule has 1 aromatic heterocycles. The number of fused-ring (bicyclic) bond motifs is 1. The molecule has 0 spiro atoms. The molecule has 2 heterocycles. The Hall–Kier alpha value is -2.65. The van der Waals surface area contributed by atoms with Crippen molar-refractivity contribution in [2.75, 3.05) is 13.2 Å². The number of nitrogens with one attached hydrogen (secondary N) is 1. The first kappa shape index (κ1) is 21.6. The highest BCUT2D eigenvalue weighted by Gasteiger charge is 2.42. The normalized spacial score (nSPS) is 21.5. The third-order valence-corrected chi connectivity index (χ3v) is 7.60. The Morgan fingerprint density at radius 3 is 2.77 bits per heavy atom. The highest BCUT2D eigenvalue weighted by atomic mass is 32.2. The average Bonchev–Trinajstić information content (AvgIpc) is 3.45. The predicted molar refractivity (Wildman–Crippen MR) is 112 cm³/mol. The summed E-state index contributed by atoms with van der Waals surface area (Å²) >= 11 is 0. The molecule has 31 heavy (non-hydrogen) atoms. The highest BCUT2D eigenvalue weighted by Crippen LogP contribution is 2.32. The summed E-state index contributed by atoms with van der Waals surface area (Å²) in [6.45, 7) is 2.02. The molecule has 8 nitrogen and oxygen atoms in total. The van der Waals surface area contributed by atoms with Crippen LogP contribution in [0.25, 0.3) is 0 Å². The largest absolute Gasteiger partial charge is 0.460 e. The topological polar surface area (TPSA) is 106 Å². The maximum atomic E-state index is 13.1. The van der Waals surface area contributed by atoms with E-state index in [-0.39, 0.29) is 36.0 Å². The molecule has 1 N–H and O–H groups in total. The Labute approximate surface area is 181 Å². The van der Waals surface area contributed by atoms with Crippen LogP contribution in [0.4, 0.5) is 0 Å². The number of nitrogens with zero attached hydrogens (tertiary/aromatic N) is 1. The van der Waals surface area contributed by atoms with Gasteiger partial charge < -0.3 is 14.5 Å². The van der Waals surface area contributed by atoms with Crippen molar-refractivity contribution in [3.8, 4) is 0 Å². The Bertz CT molecular complexity index is 1080. The van der Waals surface area contributed by atoms with Crippen molar-refractivity contribution in [3.63, 3.8) is 0 Å². The van der Waals surface area contributed by atoms with Crippen LogP contribution in [0.3, 0.4) is 0 Å². The summed E-state index contributed by atoms with van der Waals surface area (Å²) in [6, 6.07) is 9.59. The minimum Gasteiger partial charge on any atom is -0.460 e. The number of sulfonamides is 1. The lowest BCUT2D eigenvalue weighted by molar-refractivity contribution is -0.125. The molecule has 2 aliphatic rings. The molecule has 2 unspecified atom stereocenters. The number of benzene rings is 1. The lowest BCUT2D eigenvalue weighted by atomic mass is 9.87. The molecule has 1 amide bonds. The molecule has 4 rings (SSSR count). The second-order valence-electron chi connectivity index (χ2n) is 7.77. The van der Waals surface area contributed by atoms with Gasteiger partial charge in [-0.1, -0.05) is 24.3 Å². The second kappa shape index (κ2) is 8.84. The van der Waals surface area contributed by atoms with Crippen LogP contribution >= 0.6 is 0 Å². The smallest absolute Gasteiger partial charge is 0.374 e. The molecule has 1 aliphatic carbocycles. The van der Waals surface area contributed by atoms with Gasteiger partial charge in [-0.15, -0.1) is 0 Å². The third kappa shape index (κ3) is 4.24. The van der Waals surface area contributed by atoms with Crippen LogP contribution in [-0.4, -0.2) is 43.8 Å². The van der Waals surface area contributed by atoms with E-state index in [4.69, 9.17) is 9.15 Å². The van der Waals surface area contributed by atoms with Crippen LogP contribution in [0, 0.1) is 0 Å². The number of furan rings is 1. The van der Waals surface area contributed by atoms with Gasteiger partial charge in [0.1, 0.15) is 6.04 Å². The molecule has 1 fully saturated rings. The van der Waals surface area contributed by atoms with Crippen molar-refractivity contribution in [3.05, 3.63) is 53.3 Å². The Balaban J connectivity index is 1.51. The zero-order valence-electron chi connectivity index (χ0n) is 17.4. The number of amides is 1. The van der Waals surface area contributed by atoms with Crippen LogP contribution in [0.15, 0.2) is 45.9 Å². The summed E-state index contributed by atoms with van der Waals surface area (Å²) in [5, 5.41) is 2.70. The fourth-order valence-electron chi connectivity index (χ4n) is 4.35. The molecular weight excluding hydrogens is 420 g/mol. The van der Waals surface area contributed by atoms with Crippen LogP contribution in [-0.2, 0) is 26.0 Å². The van der Waals surface area contributed by atoms with Gasteiger partial charge in [0.15, 0.2) is 0 Å². The SMILES string of the molecule is CCOC(=O)c1ccc(S(=O)(=O)N2CCCC2C(=O)NC2CCCc3ccccc32)o1. The maximum Gasteiger partial charge on any atom is 0.374 e.